The van der Waals surface area contributed by atoms with Crippen LogP contribution in [0.1, 0.15) is 55.7 Å². The summed E-state index contributed by atoms with van der Waals surface area (Å²) in [6.45, 7) is 9.97. The first-order chi connectivity index (χ1) is 16.7. The van der Waals surface area contributed by atoms with Gasteiger partial charge in [-0.2, -0.15) is 0 Å². The smallest absolute Gasteiger partial charge is 0.318 e. The molecule has 4 rings (SSSR count). The van der Waals surface area contributed by atoms with Gasteiger partial charge in [0, 0.05) is 30.1 Å². The Kier molecular flexibility index (Phi) is 8.02. The third kappa shape index (κ3) is 6.55. The normalized spacial score (nSPS) is 19.8. The third-order valence-corrected chi connectivity index (χ3v) is 7.45. The molecule has 7 nitrogen and oxygen atoms in total. The number of urea groups is 1. The van der Waals surface area contributed by atoms with Crippen molar-refractivity contribution in [1.29, 1.82) is 0 Å². The van der Waals surface area contributed by atoms with Gasteiger partial charge in [0.15, 0.2) is 0 Å². The highest BCUT2D eigenvalue weighted by atomic mass is 32.1. The average Bonchev–Trinajstić information content (AvgIpc) is 3.48. The Morgan fingerprint density at radius 1 is 1.26 bits per heavy atom. The topological polar surface area (TPSA) is 71.1 Å². The second kappa shape index (κ2) is 11.0. The summed E-state index contributed by atoms with van der Waals surface area (Å²) in [7, 11) is 0. The number of carbonyl (C=O) groups is 2. The number of benzene rings is 1. The Bertz CT molecular complexity index is 1030. The molecule has 0 saturated carbocycles. The van der Waals surface area contributed by atoms with Crippen LogP contribution in [0.15, 0.2) is 35.7 Å². The van der Waals surface area contributed by atoms with E-state index in [1.807, 2.05) is 56.9 Å². The third-order valence-electron chi connectivity index (χ3n) is 6.45. The van der Waals surface area contributed by atoms with Crippen LogP contribution in [0.3, 0.4) is 0 Å². The molecule has 2 atom stereocenters. The van der Waals surface area contributed by atoms with Crippen LogP contribution >= 0.6 is 11.3 Å². The van der Waals surface area contributed by atoms with E-state index in [0.29, 0.717) is 26.3 Å². The molecule has 35 heavy (non-hydrogen) atoms. The molecule has 0 aliphatic carbocycles. The monoisotopic (exact) mass is 499 g/mol. The van der Waals surface area contributed by atoms with Gasteiger partial charge in [0.05, 0.1) is 12.1 Å². The lowest BCUT2D eigenvalue weighted by atomic mass is 10.00. The van der Waals surface area contributed by atoms with Gasteiger partial charge < -0.3 is 24.6 Å². The minimum atomic E-state index is -0.393. The van der Waals surface area contributed by atoms with Gasteiger partial charge in [0.2, 0.25) is 5.91 Å². The van der Waals surface area contributed by atoms with Gasteiger partial charge in [-0.05, 0) is 75.6 Å². The predicted molar refractivity (Wildman–Crippen MR) is 138 cm³/mol. The van der Waals surface area contributed by atoms with E-state index in [1.54, 1.807) is 16.2 Å². The van der Waals surface area contributed by atoms with Crippen molar-refractivity contribution in [2.45, 2.75) is 64.6 Å². The van der Waals surface area contributed by atoms with Crippen molar-refractivity contribution < 1.29 is 19.1 Å². The molecule has 2 aliphatic heterocycles. The summed E-state index contributed by atoms with van der Waals surface area (Å²) in [4.78, 5) is 31.6. The van der Waals surface area contributed by atoms with E-state index < -0.39 is 5.54 Å². The zero-order valence-corrected chi connectivity index (χ0v) is 22.0. The van der Waals surface area contributed by atoms with Crippen molar-refractivity contribution in [3.8, 4) is 5.75 Å². The molecule has 1 fully saturated rings. The fourth-order valence-electron chi connectivity index (χ4n) is 4.67. The van der Waals surface area contributed by atoms with Crippen LogP contribution in [0.5, 0.6) is 5.75 Å². The van der Waals surface area contributed by atoms with Crippen LogP contribution in [-0.4, -0.2) is 66.2 Å². The number of hydrogen-bond donors (Lipinski definition) is 1. The van der Waals surface area contributed by atoms with Crippen LogP contribution in [0, 0.1) is 6.92 Å². The number of aryl methyl sites for hydroxylation is 1. The quantitative estimate of drug-likeness (QED) is 0.607. The zero-order chi connectivity index (χ0) is 25.0. The molecule has 0 bridgehead atoms. The van der Waals surface area contributed by atoms with E-state index >= 15 is 0 Å². The minimum Gasteiger partial charge on any atom is -0.491 e. The van der Waals surface area contributed by atoms with Crippen molar-refractivity contribution in [2.24, 2.45) is 0 Å². The van der Waals surface area contributed by atoms with Crippen molar-refractivity contribution >= 4 is 23.3 Å². The van der Waals surface area contributed by atoms with Crippen molar-refractivity contribution in [3.05, 3.63) is 51.7 Å². The Morgan fingerprint density at radius 3 is 2.77 bits per heavy atom. The first kappa shape index (κ1) is 25.5. The molecule has 2 aromatic rings. The number of nitrogens with zero attached hydrogens (tertiary/aromatic N) is 2. The summed E-state index contributed by atoms with van der Waals surface area (Å²) < 4.78 is 12.0. The fraction of sp³-hybridized carbons (Fsp3) is 0.556. The predicted octanol–water partition coefficient (Wildman–Crippen LogP) is 4.55. The molecule has 3 amide bonds. The maximum Gasteiger partial charge on any atom is 0.318 e. The average molecular weight is 500 g/mol. The molecule has 3 heterocycles. The number of amides is 3. The lowest BCUT2D eigenvalue weighted by Crippen LogP contribution is -2.54. The van der Waals surface area contributed by atoms with Gasteiger partial charge in [0.1, 0.15) is 18.9 Å². The van der Waals surface area contributed by atoms with Crippen LogP contribution in [0.2, 0.25) is 0 Å². The number of carbonyl (C=O) groups excluding carboxylic acids is 2. The van der Waals surface area contributed by atoms with Crippen LogP contribution < -0.4 is 10.1 Å². The molecule has 1 aromatic carbocycles. The molecule has 1 N–H and O–H groups in total. The number of hydrogen-bond acceptors (Lipinski definition) is 5. The summed E-state index contributed by atoms with van der Waals surface area (Å²) in [5, 5.41) is 5.10. The van der Waals surface area contributed by atoms with Gasteiger partial charge in [-0.3, -0.25) is 4.79 Å². The minimum absolute atomic E-state index is 0.0160. The highest BCUT2D eigenvalue weighted by Crippen LogP contribution is 2.34. The van der Waals surface area contributed by atoms with Crippen molar-refractivity contribution in [3.63, 3.8) is 0 Å². The standard InChI is InChI=1S/C27H37N3O4S/c1-19-8-5-6-10-23(19)34-18-22-21-12-15-35-24(21)11-13-30(22)25(31)17-29(16-20-9-7-14-33-20)26(32)28-27(2,3)4/h5-6,8,10,12,15,20,22H,7,9,11,13-14,16-18H2,1-4H3,(H,28,32). The maximum atomic E-state index is 13.7. The first-order valence-corrected chi connectivity index (χ1v) is 13.3. The van der Waals surface area contributed by atoms with Gasteiger partial charge in [0.25, 0.3) is 0 Å². The second-order valence-corrected chi connectivity index (χ2v) is 11.4. The van der Waals surface area contributed by atoms with E-state index in [2.05, 4.69) is 16.8 Å². The van der Waals surface area contributed by atoms with E-state index in [4.69, 9.17) is 9.47 Å². The highest BCUT2D eigenvalue weighted by molar-refractivity contribution is 7.10. The molecular formula is C27H37N3O4S. The van der Waals surface area contributed by atoms with Crippen LogP contribution in [-0.2, 0) is 16.0 Å². The molecule has 2 unspecified atom stereocenters. The van der Waals surface area contributed by atoms with Crippen molar-refractivity contribution in [1.82, 2.24) is 15.1 Å². The molecular weight excluding hydrogens is 462 g/mol. The SMILES string of the molecule is Cc1ccccc1OCC1c2ccsc2CCN1C(=O)CN(CC1CCCO1)C(=O)NC(C)(C)C. The number of rotatable bonds is 7. The number of thiophene rings is 1. The summed E-state index contributed by atoms with van der Waals surface area (Å²) in [5.74, 6) is 0.758. The largest absolute Gasteiger partial charge is 0.491 e. The van der Waals surface area contributed by atoms with Gasteiger partial charge >= 0.3 is 6.03 Å². The summed E-state index contributed by atoms with van der Waals surface area (Å²) >= 11 is 1.73. The summed E-state index contributed by atoms with van der Waals surface area (Å²) in [5.41, 5.74) is 1.82. The van der Waals surface area contributed by atoms with Gasteiger partial charge in [-0.25, -0.2) is 4.79 Å². The first-order valence-electron chi connectivity index (χ1n) is 12.4. The Hall–Kier alpha value is -2.58. The highest BCUT2D eigenvalue weighted by Gasteiger charge is 2.35. The Morgan fingerprint density at radius 2 is 2.06 bits per heavy atom. The Labute approximate surface area is 212 Å². The molecule has 1 aromatic heterocycles. The molecule has 1 saturated heterocycles. The maximum absolute atomic E-state index is 13.7. The zero-order valence-electron chi connectivity index (χ0n) is 21.2. The molecule has 2 aliphatic rings. The summed E-state index contributed by atoms with van der Waals surface area (Å²) in [6, 6.07) is 9.60. The van der Waals surface area contributed by atoms with E-state index in [-0.39, 0.29) is 30.6 Å². The number of para-hydroxylation sites is 1. The Balaban J connectivity index is 1.51. The molecule has 190 valence electrons. The number of nitrogens with one attached hydrogen (secondary N) is 1. The second-order valence-electron chi connectivity index (χ2n) is 10.4. The molecule has 0 spiro atoms. The van der Waals surface area contributed by atoms with E-state index in [9.17, 15) is 9.59 Å². The summed E-state index contributed by atoms with van der Waals surface area (Å²) in [6.07, 6.45) is 2.68. The lowest BCUT2D eigenvalue weighted by molar-refractivity contribution is -0.135. The molecule has 0 radical (unpaired) electrons. The molecule has 8 heteroatoms. The van der Waals surface area contributed by atoms with Gasteiger partial charge in [-0.15, -0.1) is 11.3 Å². The fourth-order valence-corrected chi connectivity index (χ4v) is 5.60. The van der Waals surface area contributed by atoms with Crippen LogP contribution in [0.4, 0.5) is 4.79 Å². The lowest BCUT2D eigenvalue weighted by Gasteiger charge is -2.37. The van der Waals surface area contributed by atoms with Crippen molar-refractivity contribution in [2.75, 3.05) is 32.8 Å². The van der Waals surface area contributed by atoms with E-state index in [0.717, 1.165) is 36.1 Å². The number of fused-ring (bicyclic) bond motifs is 1. The van der Waals surface area contributed by atoms with E-state index in [1.165, 1.54) is 4.88 Å². The number of ether oxygens (including phenoxy) is 2. The van der Waals surface area contributed by atoms with Crippen LogP contribution in [0.25, 0.3) is 0 Å². The van der Waals surface area contributed by atoms with Gasteiger partial charge in [-0.1, -0.05) is 18.2 Å².